The van der Waals surface area contributed by atoms with E-state index in [1.54, 1.807) is 6.07 Å². The summed E-state index contributed by atoms with van der Waals surface area (Å²) in [7, 11) is -3.57. The SMILES string of the molecule is NCCCOC1CCN(S(=O)(=O)c2ccc3oc(=O)ccc3c2)CC1. The van der Waals surface area contributed by atoms with Gasteiger partial charge < -0.3 is 14.9 Å². The van der Waals surface area contributed by atoms with Crippen LogP contribution in [0.15, 0.2) is 44.4 Å². The lowest BCUT2D eigenvalue weighted by molar-refractivity contribution is 0.0209. The fraction of sp³-hybridized carbons (Fsp3) is 0.471. The molecule has 2 aromatic rings. The third-order valence-electron chi connectivity index (χ3n) is 4.33. The fourth-order valence-electron chi connectivity index (χ4n) is 2.93. The molecule has 1 aromatic heterocycles. The molecule has 0 amide bonds. The number of fused-ring (bicyclic) bond motifs is 1. The number of piperidine rings is 1. The third kappa shape index (κ3) is 4.09. The lowest BCUT2D eigenvalue weighted by Gasteiger charge is -2.31. The van der Waals surface area contributed by atoms with Crippen LogP contribution in [0.5, 0.6) is 0 Å². The van der Waals surface area contributed by atoms with Crippen molar-refractivity contribution in [2.75, 3.05) is 26.2 Å². The van der Waals surface area contributed by atoms with Crippen molar-refractivity contribution >= 4 is 21.0 Å². The van der Waals surface area contributed by atoms with E-state index in [2.05, 4.69) is 0 Å². The lowest BCUT2D eigenvalue weighted by Crippen LogP contribution is -2.41. The van der Waals surface area contributed by atoms with Gasteiger partial charge in [-0.3, -0.25) is 0 Å². The van der Waals surface area contributed by atoms with Crippen LogP contribution in [0.2, 0.25) is 0 Å². The summed E-state index contributed by atoms with van der Waals surface area (Å²) in [4.78, 5) is 11.4. The molecule has 2 N–H and O–H groups in total. The normalized spacial score (nSPS) is 17.2. The highest BCUT2D eigenvalue weighted by Crippen LogP contribution is 2.24. The van der Waals surface area contributed by atoms with Crippen molar-refractivity contribution in [3.8, 4) is 0 Å². The van der Waals surface area contributed by atoms with Crippen molar-refractivity contribution in [1.82, 2.24) is 4.31 Å². The maximum atomic E-state index is 12.8. The van der Waals surface area contributed by atoms with Crippen molar-refractivity contribution in [2.45, 2.75) is 30.3 Å². The standard InChI is InChI=1S/C17H22N2O5S/c18-8-1-11-23-14-6-9-19(10-7-14)25(21,22)15-3-4-16-13(12-15)2-5-17(20)24-16/h2-5,12,14H,1,6-11,18H2. The summed E-state index contributed by atoms with van der Waals surface area (Å²) in [6, 6.07) is 7.38. The Labute approximate surface area is 146 Å². The first-order valence-corrected chi connectivity index (χ1v) is 9.80. The van der Waals surface area contributed by atoms with Crippen LogP contribution < -0.4 is 11.4 Å². The van der Waals surface area contributed by atoms with Gasteiger partial charge in [-0.15, -0.1) is 0 Å². The molecular weight excluding hydrogens is 344 g/mol. The third-order valence-corrected chi connectivity index (χ3v) is 6.23. The van der Waals surface area contributed by atoms with Gasteiger partial charge in [-0.25, -0.2) is 13.2 Å². The molecule has 0 bridgehead atoms. The van der Waals surface area contributed by atoms with Crippen molar-refractivity contribution in [2.24, 2.45) is 5.73 Å². The van der Waals surface area contributed by atoms with Crippen molar-refractivity contribution < 1.29 is 17.6 Å². The average molecular weight is 366 g/mol. The van der Waals surface area contributed by atoms with Gasteiger partial charge in [-0.2, -0.15) is 4.31 Å². The quantitative estimate of drug-likeness (QED) is 0.611. The van der Waals surface area contributed by atoms with E-state index >= 15 is 0 Å². The van der Waals surface area contributed by atoms with Gasteiger partial charge in [0, 0.05) is 31.1 Å². The molecule has 1 aliphatic rings. The predicted octanol–water partition coefficient (Wildman–Crippen LogP) is 1.31. The molecule has 0 spiro atoms. The Morgan fingerprint density at radius 1 is 1.20 bits per heavy atom. The van der Waals surface area contributed by atoms with Crippen LogP contribution in [0.3, 0.4) is 0 Å². The molecule has 1 fully saturated rings. The van der Waals surface area contributed by atoms with Crippen molar-refractivity contribution in [3.63, 3.8) is 0 Å². The Morgan fingerprint density at radius 3 is 2.68 bits per heavy atom. The van der Waals surface area contributed by atoms with Gasteiger partial charge in [0.15, 0.2) is 0 Å². The van der Waals surface area contributed by atoms with Gasteiger partial charge in [0.1, 0.15) is 5.58 Å². The molecule has 7 nitrogen and oxygen atoms in total. The highest BCUT2D eigenvalue weighted by molar-refractivity contribution is 7.89. The number of nitrogens with zero attached hydrogens (tertiary/aromatic N) is 1. The maximum absolute atomic E-state index is 12.8. The molecular formula is C17H22N2O5S. The number of hydrogen-bond acceptors (Lipinski definition) is 6. The molecule has 3 rings (SSSR count). The summed E-state index contributed by atoms with van der Waals surface area (Å²) < 4.78 is 37.9. The molecule has 8 heteroatoms. The summed E-state index contributed by atoms with van der Waals surface area (Å²) in [5, 5.41) is 0.584. The summed E-state index contributed by atoms with van der Waals surface area (Å²) >= 11 is 0. The number of rotatable bonds is 6. The second kappa shape index (κ2) is 7.65. The Hall–Kier alpha value is -1.74. The number of sulfonamides is 1. The van der Waals surface area contributed by atoms with E-state index < -0.39 is 15.6 Å². The first-order chi connectivity index (χ1) is 12.0. The molecule has 0 atom stereocenters. The Kier molecular flexibility index (Phi) is 5.53. The molecule has 136 valence electrons. The van der Waals surface area contributed by atoms with E-state index in [4.69, 9.17) is 14.9 Å². The Morgan fingerprint density at radius 2 is 1.96 bits per heavy atom. The van der Waals surface area contributed by atoms with E-state index in [0.29, 0.717) is 50.1 Å². The van der Waals surface area contributed by atoms with E-state index in [0.717, 1.165) is 6.42 Å². The van der Waals surface area contributed by atoms with Crippen molar-refractivity contribution in [1.29, 1.82) is 0 Å². The van der Waals surface area contributed by atoms with Crippen LogP contribution in [0.1, 0.15) is 19.3 Å². The van der Waals surface area contributed by atoms with Crippen LogP contribution >= 0.6 is 0 Å². The molecule has 1 aromatic carbocycles. The fourth-order valence-corrected chi connectivity index (χ4v) is 4.44. The Balaban J connectivity index is 1.72. The number of ether oxygens (including phenoxy) is 1. The van der Waals surface area contributed by atoms with Crippen LogP contribution in [0, 0.1) is 0 Å². The minimum absolute atomic E-state index is 0.0869. The average Bonchev–Trinajstić information content (AvgIpc) is 2.62. The molecule has 2 heterocycles. The van der Waals surface area contributed by atoms with Gasteiger partial charge in [0.25, 0.3) is 0 Å². The van der Waals surface area contributed by atoms with Crippen LogP contribution in [0.4, 0.5) is 0 Å². The topological polar surface area (TPSA) is 103 Å². The second-order valence-electron chi connectivity index (χ2n) is 6.07. The summed E-state index contributed by atoms with van der Waals surface area (Å²) in [5.41, 5.74) is 5.36. The van der Waals surface area contributed by atoms with Gasteiger partial charge in [0.2, 0.25) is 10.0 Å². The molecule has 1 saturated heterocycles. The van der Waals surface area contributed by atoms with Gasteiger partial charge >= 0.3 is 5.63 Å². The molecule has 25 heavy (non-hydrogen) atoms. The van der Waals surface area contributed by atoms with Crippen LogP contribution in [0.25, 0.3) is 11.0 Å². The smallest absolute Gasteiger partial charge is 0.336 e. The molecule has 1 aliphatic heterocycles. The zero-order valence-electron chi connectivity index (χ0n) is 13.9. The van der Waals surface area contributed by atoms with Crippen LogP contribution in [-0.2, 0) is 14.8 Å². The van der Waals surface area contributed by atoms with E-state index in [9.17, 15) is 13.2 Å². The van der Waals surface area contributed by atoms with E-state index in [1.807, 2.05) is 0 Å². The highest BCUT2D eigenvalue weighted by atomic mass is 32.2. The van der Waals surface area contributed by atoms with E-state index in [1.165, 1.54) is 28.6 Å². The zero-order chi connectivity index (χ0) is 17.9. The molecule has 0 radical (unpaired) electrons. The largest absolute Gasteiger partial charge is 0.423 e. The molecule has 0 aliphatic carbocycles. The van der Waals surface area contributed by atoms with Gasteiger partial charge in [-0.1, -0.05) is 0 Å². The Bertz CT molecular complexity index is 885. The van der Waals surface area contributed by atoms with Crippen molar-refractivity contribution in [3.05, 3.63) is 40.8 Å². The summed E-state index contributed by atoms with van der Waals surface area (Å²) in [6.45, 7) is 2.06. The minimum Gasteiger partial charge on any atom is -0.423 e. The van der Waals surface area contributed by atoms with Crippen LogP contribution in [-0.4, -0.2) is 45.1 Å². The number of hydrogen-bond donors (Lipinski definition) is 1. The summed E-state index contributed by atoms with van der Waals surface area (Å²) in [6.07, 6.45) is 2.24. The number of nitrogens with two attached hydrogens (primary N) is 1. The predicted molar refractivity (Wildman–Crippen MR) is 93.9 cm³/mol. The monoisotopic (exact) mass is 366 g/mol. The first-order valence-electron chi connectivity index (χ1n) is 8.36. The maximum Gasteiger partial charge on any atom is 0.336 e. The first kappa shape index (κ1) is 18.1. The summed E-state index contributed by atoms with van der Waals surface area (Å²) in [5.74, 6) is 0. The van der Waals surface area contributed by atoms with Gasteiger partial charge in [0.05, 0.1) is 11.0 Å². The second-order valence-corrected chi connectivity index (χ2v) is 8.01. The molecule has 0 saturated carbocycles. The zero-order valence-corrected chi connectivity index (χ0v) is 14.7. The minimum atomic E-state index is -3.57. The lowest BCUT2D eigenvalue weighted by atomic mass is 10.1. The molecule has 0 unspecified atom stereocenters. The highest BCUT2D eigenvalue weighted by Gasteiger charge is 2.29. The van der Waals surface area contributed by atoms with Gasteiger partial charge in [-0.05, 0) is 50.1 Å². The van der Waals surface area contributed by atoms with E-state index in [-0.39, 0.29) is 11.0 Å². The number of benzene rings is 1.